The summed E-state index contributed by atoms with van der Waals surface area (Å²) in [5.74, 6) is 0.148. The first-order valence-corrected chi connectivity index (χ1v) is 7.63. The summed E-state index contributed by atoms with van der Waals surface area (Å²) in [4.78, 5) is 32.1. The van der Waals surface area contributed by atoms with Crippen molar-refractivity contribution in [1.82, 2.24) is 9.88 Å². The van der Waals surface area contributed by atoms with E-state index >= 15 is 0 Å². The van der Waals surface area contributed by atoms with Crippen molar-refractivity contribution >= 4 is 29.1 Å². The molecule has 7 heteroatoms. The van der Waals surface area contributed by atoms with E-state index in [0.717, 1.165) is 0 Å². The third-order valence-electron chi connectivity index (χ3n) is 3.75. The standard InChI is InChI=1S/C16H16ClN3O3/c1-10-15(23-11(2)18-10)16(22)19-7-8-20(14(21)9-19)13-6-4-3-5-12(13)17/h3-6H,7-9H2,1-2H3. The molecule has 3 rings (SSSR count). The van der Waals surface area contributed by atoms with Gasteiger partial charge in [-0.3, -0.25) is 9.59 Å². The third kappa shape index (κ3) is 2.94. The lowest BCUT2D eigenvalue weighted by atomic mass is 10.2. The summed E-state index contributed by atoms with van der Waals surface area (Å²) < 4.78 is 5.35. The van der Waals surface area contributed by atoms with E-state index in [1.165, 1.54) is 4.90 Å². The van der Waals surface area contributed by atoms with Crippen LogP contribution in [-0.4, -0.2) is 41.3 Å². The minimum atomic E-state index is -0.310. The number of hydrogen-bond acceptors (Lipinski definition) is 4. The van der Waals surface area contributed by atoms with Crippen LogP contribution in [0.25, 0.3) is 0 Å². The third-order valence-corrected chi connectivity index (χ3v) is 4.07. The van der Waals surface area contributed by atoms with E-state index in [4.69, 9.17) is 16.0 Å². The number of aryl methyl sites for hydroxylation is 2. The van der Waals surface area contributed by atoms with Gasteiger partial charge in [-0.1, -0.05) is 23.7 Å². The average Bonchev–Trinajstić information content (AvgIpc) is 2.86. The van der Waals surface area contributed by atoms with Crippen LogP contribution in [0.3, 0.4) is 0 Å². The second-order valence-electron chi connectivity index (χ2n) is 5.37. The lowest BCUT2D eigenvalue weighted by Crippen LogP contribution is -2.52. The van der Waals surface area contributed by atoms with Gasteiger partial charge < -0.3 is 14.2 Å². The number of oxazole rings is 1. The lowest BCUT2D eigenvalue weighted by molar-refractivity contribution is -0.120. The average molecular weight is 334 g/mol. The number of rotatable bonds is 2. The maximum Gasteiger partial charge on any atom is 0.292 e. The summed E-state index contributed by atoms with van der Waals surface area (Å²) in [5.41, 5.74) is 1.20. The zero-order valence-electron chi connectivity index (χ0n) is 12.9. The molecule has 1 saturated heterocycles. The molecule has 2 amide bonds. The number of para-hydroxylation sites is 1. The molecule has 6 nitrogen and oxygen atoms in total. The molecule has 23 heavy (non-hydrogen) atoms. The van der Waals surface area contributed by atoms with Crippen LogP contribution in [0.4, 0.5) is 5.69 Å². The molecule has 1 aromatic carbocycles. The van der Waals surface area contributed by atoms with Gasteiger partial charge in [0, 0.05) is 20.0 Å². The Morgan fingerprint density at radius 1 is 1.26 bits per heavy atom. The highest BCUT2D eigenvalue weighted by atomic mass is 35.5. The Morgan fingerprint density at radius 2 is 2.00 bits per heavy atom. The Kier molecular flexibility index (Phi) is 4.09. The first kappa shape index (κ1) is 15.6. The molecule has 1 fully saturated rings. The Bertz CT molecular complexity index is 772. The monoisotopic (exact) mass is 333 g/mol. The number of benzene rings is 1. The van der Waals surface area contributed by atoms with Gasteiger partial charge in [-0.05, 0) is 19.1 Å². The van der Waals surface area contributed by atoms with E-state index in [2.05, 4.69) is 4.98 Å². The molecule has 1 aromatic heterocycles. The van der Waals surface area contributed by atoms with Crippen molar-refractivity contribution in [2.24, 2.45) is 0 Å². The number of amides is 2. The Hall–Kier alpha value is -2.34. The normalized spacial score (nSPS) is 15.2. The molecular weight excluding hydrogens is 318 g/mol. The number of carbonyl (C=O) groups is 2. The zero-order valence-corrected chi connectivity index (χ0v) is 13.6. The molecule has 0 aliphatic carbocycles. The fraction of sp³-hybridized carbons (Fsp3) is 0.312. The molecule has 0 N–H and O–H groups in total. The minimum Gasteiger partial charge on any atom is -0.436 e. The Balaban J connectivity index is 1.76. The van der Waals surface area contributed by atoms with Gasteiger partial charge in [0.05, 0.1) is 16.4 Å². The van der Waals surface area contributed by atoms with Gasteiger partial charge in [-0.15, -0.1) is 0 Å². The van der Waals surface area contributed by atoms with Crippen LogP contribution in [0.15, 0.2) is 28.7 Å². The molecule has 2 aromatic rings. The van der Waals surface area contributed by atoms with Crippen molar-refractivity contribution in [2.75, 3.05) is 24.5 Å². The molecule has 1 aliphatic rings. The fourth-order valence-corrected chi connectivity index (χ4v) is 2.88. The van der Waals surface area contributed by atoms with E-state index in [9.17, 15) is 9.59 Å². The van der Waals surface area contributed by atoms with Gasteiger partial charge in [-0.2, -0.15) is 0 Å². The minimum absolute atomic E-state index is 0.0107. The summed E-state index contributed by atoms with van der Waals surface area (Å²) in [6, 6.07) is 7.17. The number of piperazine rings is 1. The molecule has 120 valence electrons. The Labute approximate surface area is 138 Å². The van der Waals surface area contributed by atoms with E-state index < -0.39 is 0 Å². The number of halogens is 1. The van der Waals surface area contributed by atoms with Crippen molar-refractivity contribution < 1.29 is 14.0 Å². The molecule has 0 saturated carbocycles. The first-order chi connectivity index (χ1) is 11.0. The lowest BCUT2D eigenvalue weighted by Gasteiger charge is -2.34. The van der Waals surface area contributed by atoms with Gasteiger partial charge in [0.2, 0.25) is 11.7 Å². The van der Waals surface area contributed by atoms with E-state index in [1.807, 2.05) is 12.1 Å². The van der Waals surface area contributed by atoms with Crippen molar-refractivity contribution in [3.63, 3.8) is 0 Å². The molecular formula is C16H16ClN3O3. The second kappa shape index (κ2) is 6.04. The zero-order chi connectivity index (χ0) is 16.6. The van der Waals surface area contributed by atoms with Gasteiger partial charge in [0.25, 0.3) is 5.91 Å². The second-order valence-corrected chi connectivity index (χ2v) is 5.78. The van der Waals surface area contributed by atoms with E-state index in [0.29, 0.717) is 35.4 Å². The Morgan fingerprint density at radius 3 is 2.61 bits per heavy atom. The molecule has 1 aliphatic heterocycles. The fourth-order valence-electron chi connectivity index (χ4n) is 2.65. The predicted octanol–water partition coefficient (Wildman–Crippen LogP) is 2.43. The molecule has 0 radical (unpaired) electrons. The van der Waals surface area contributed by atoms with Crippen LogP contribution in [0.1, 0.15) is 22.1 Å². The maximum atomic E-state index is 12.5. The van der Waals surface area contributed by atoms with Crippen molar-refractivity contribution in [1.29, 1.82) is 0 Å². The van der Waals surface area contributed by atoms with Crippen molar-refractivity contribution in [3.8, 4) is 0 Å². The van der Waals surface area contributed by atoms with Gasteiger partial charge in [0.15, 0.2) is 5.89 Å². The number of nitrogens with zero attached hydrogens (tertiary/aromatic N) is 3. The summed E-state index contributed by atoms with van der Waals surface area (Å²) >= 11 is 6.14. The highest BCUT2D eigenvalue weighted by Gasteiger charge is 2.31. The van der Waals surface area contributed by atoms with Crippen molar-refractivity contribution in [2.45, 2.75) is 13.8 Å². The quantitative estimate of drug-likeness (QED) is 0.846. The summed E-state index contributed by atoms with van der Waals surface area (Å²) in [6.45, 7) is 4.19. The summed E-state index contributed by atoms with van der Waals surface area (Å²) in [7, 11) is 0. The van der Waals surface area contributed by atoms with Gasteiger partial charge in [0.1, 0.15) is 6.54 Å². The highest BCUT2D eigenvalue weighted by Crippen LogP contribution is 2.27. The topological polar surface area (TPSA) is 66.7 Å². The molecule has 0 unspecified atom stereocenters. The van der Waals surface area contributed by atoms with Gasteiger partial charge in [-0.25, -0.2) is 4.98 Å². The molecule has 2 heterocycles. The largest absolute Gasteiger partial charge is 0.436 e. The van der Waals surface area contributed by atoms with Gasteiger partial charge >= 0.3 is 0 Å². The summed E-state index contributed by atoms with van der Waals surface area (Å²) in [6.07, 6.45) is 0. The SMILES string of the molecule is Cc1nc(C)c(C(=O)N2CCN(c3ccccc3Cl)C(=O)C2)o1. The number of anilines is 1. The number of carbonyl (C=O) groups excluding carboxylic acids is 2. The molecule has 0 atom stereocenters. The summed E-state index contributed by atoms with van der Waals surface area (Å²) in [5, 5.41) is 0.516. The highest BCUT2D eigenvalue weighted by molar-refractivity contribution is 6.33. The van der Waals surface area contributed by atoms with Crippen LogP contribution in [-0.2, 0) is 4.79 Å². The van der Waals surface area contributed by atoms with E-state index in [-0.39, 0.29) is 24.1 Å². The smallest absolute Gasteiger partial charge is 0.292 e. The van der Waals surface area contributed by atoms with E-state index in [1.54, 1.807) is 30.9 Å². The maximum absolute atomic E-state index is 12.5. The van der Waals surface area contributed by atoms with Crippen LogP contribution >= 0.6 is 11.6 Å². The molecule has 0 bridgehead atoms. The van der Waals surface area contributed by atoms with Crippen LogP contribution in [0, 0.1) is 13.8 Å². The number of aromatic nitrogens is 1. The predicted molar refractivity (Wildman–Crippen MR) is 85.7 cm³/mol. The van der Waals surface area contributed by atoms with Crippen molar-refractivity contribution in [3.05, 3.63) is 46.6 Å². The van der Waals surface area contributed by atoms with Crippen LogP contribution < -0.4 is 4.90 Å². The molecule has 0 spiro atoms. The van der Waals surface area contributed by atoms with Crippen LogP contribution in [0.5, 0.6) is 0 Å². The number of hydrogen-bond donors (Lipinski definition) is 0. The van der Waals surface area contributed by atoms with Crippen LogP contribution in [0.2, 0.25) is 5.02 Å². The first-order valence-electron chi connectivity index (χ1n) is 7.25.